The van der Waals surface area contributed by atoms with E-state index in [0.29, 0.717) is 16.9 Å². The zero-order chi connectivity index (χ0) is 18.6. The third-order valence-corrected chi connectivity index (χ3v) is 4.88. The topological polar surface area (TPSA) is 57.5 Å². The molecule has 2 rings (SSSR count). The maximum absolute atomic E-state index is 12.4. The Morgan fingerprint density at radius 2 is 1.88 bits per heavy atom. The molecule has 6 heteroatoms. The monoisotopic (exact) mass is 361 g/mol. The zero-order valence-electron chi connectivity index (χ0n) is 15.2. The Morgan fingerprint density at radius 3 is 2.44 bits per heavy atom. The van der Waals surface area contributed by atoms with Gasteiger partial charge in [0.2, 0.25) is 5.78 Å². The second-order valence-corrected chi connectivity index (χ2v) is 6.47. The van der Waals surface area contributed by atoms with Gasteiger partial charge < -0.3 is 14.0 Å². The molecular weight excluding hydrogens is 338 g/mol. The molecule has 0 saturated carbocycles. The summed E-state index contributed by atoms with van der Waals surface area (Å²) < 4.78 is 12.5. The molecule has 25 heavy (non-hydrogen) atoms. The average molecular weight is 361 g/mol. The maximum atomic E-state index is 12.4. The van der Waals surface area contributed by atoms with Gasteiger partial charge in [-0.2, -0.15) is 0 Å². The number of nitrogens with zero attached hydrogens (tertiary/aromatic N) is 1. The molecule has 0 N–H and O–H groups in total. The first-order valence-corrected chi connectivity index (χ1v) is 9.24. The average Bonchev–Trinajstić information content (AvgIpc) is 2.92. The number of Topliss-reactive ketones (excluding diaryl/α,β-unsaturated/α-hetero) is 1. The number of carbonyl (C=O) groups is 2. The summed E-state index contributed by atoms with van der Waals surface area (Å²) in [6.45, 7) is 6.38. The first-order valence-electron chi connectivity index (χ1n) is 8.02. The Hall–Kier alpha value is -2.21. The number of hydrogen-bond donors (Lipinski definition) is 0. The van der Waals surface area contributed by atoms with E-state index in [0.717, 1.165) is 22.8 Å². The van der Waals surface area contributed by atoms with Gasteiger partial charge in [-0.05, 0) is 51.3 Å². The molecule has 0 spiro atoms. The van der Waals surface area contributed by atoms with Gasteiger partial charge in [0, 0.05) is 28.4 Å². The second-order valence-electron chi connectivity index (χ2n) is 5.59. The van der Waals surface area contributed by atoms with Crippen LogP contribution in [-0.2, 0) is 11.3 Å². The second kappa shape index (κ2) is 8.25. The van der Waals surface area contributed by atoms with E-state index in [2.05, 4.69) is 4.57 Å². The summed E-state index contributed by atoms with van der Waals surface area (Å²) in [6.07, 6.45) is 1.94. The van der Waals surface area contributed by atoms with Crippen LogP contribution < -0.4 is 4.74 Å². The van der Waals surface area contributed by atoms with Crippen LogP contribution in [0.15, 0.2) is 29.2 Å². The molecule has 1 aromatic heterocycles. The van der Waals surface area contributed by atoms with Crippen molar-refractivity contribution >= 4 is 23.5 Å². The number of rotatable bonds is 7. The van der Waals surface area contributed by atoms with Crippen molar-refractivity contribution in [2.75, 3.05) is 20.0 Å². The summed E-state index contributed by atoms with van der Waals surface area (Å²) in [7, 11) is 1.50. The number of aromatic nitrogens is 1. The van der Waals surface area contributed by atoms with Crippen molar-refractivity contribution in [3.05, 3.63) is 46.8 Å². The molecule has 1 heterocycles. The van der Waals surface area contributed by atoms with Gasteiger partial charge in [0.1, 0.15) is 11.3 Å². The molecular formula is C19H23NO4S. The van der Waals surface area contributed by atoms with Crippen LogP contribution in [0.1, 0.15) is 39.0 Å². The number of hydrogen-bond acceptors (Lipinski definition) is 5. The fourth-order valence-electron chi connectivity index (χ4n) is 2.82. The van der Waals surface area contributed by atoms with Crippen LogP contribution in [0.3, 0.4) is 0 Å². The number of esters is 1. The number of ether oxygens (including phenoxy) is 2. The van der Waals surface area contributed by atoms with E-state index in [-0.39, 0.29) is 12.4 Å². The first kappa shape index (κ1) is 19.1. The Morgan fingerprint density at radius 1 is 1.16 bits per heavy atom. The zero-order valence-corrected chi connectivity index (χ0v) is 16.0. The van der Waals surface area contributed by atoms with Crippen molar-refractivity contribution in [1.29, 1.82) is 0 Å². The number of thioether (sulfide) groups is 1. The van der Waals surface area contributed by atoms with Crippen molar-refractivity contribution in [2.45, 2.75) is 32.2 Å². The molecule has 0 fully saturated rings. The van der Waals surface area contributed by atoms with Crippen molar-refractivity contribution in [2.24, 2.45) is 0 Å². The van der Waals surface area contributed by atoms with E-state index in [1.54, 1.807) is 23.9 Å². The first-order chi connectivity index (χ1) is 11.9. The molecule has 0 aliphatic heterocycles. The minimum atomic E-state index is -0.567. The number of methoxy groups -OCH3 is 1. The molecule has 0 saturated heterocycles. The Bertz CT molecular complexity index is 795. The number of carbonyl (C=O) groups excluding carboxylic acids is 2. The predicted octanol–water partition coefficient (Wildman–Crippen LogP) is 3.90. The summed E-state index contributed by atoms with van der Waals surface area (Å²) in [5.74, 6) is -0.337. The third kappa shape index (κ3) is 4.07. The molecule has 0 unspecified atom stereocenters. The highest BCUT2D eigenvalue weighted by atomic mass is 32.2. The van der Waals surface area contributed by atoms with Crippen LogP contribution in [0.4, 0.5) is 0 Å². The summed E-state index contributed by atoms with van der Waals surface area (Å²) >= 11 is 1.55. The summed E-state index contributed by atoms with van der Waals surface area (Å²) in [5.41, 5.74) is 2.82. The van der Waals surface area contributed by atoms with E-state index >= 15 is 0 Å². The molecule has 0 bridgehead atoms. The standard InChI is InChI=1S/C19H23NO4S/c1-6-20-12(2)9-16(13(20)3)17(21)11-24-19(22)15-8-7-14(25-5)10-18(15)23-4/h7-10H,6,11H2,1-5H3. The van der Waals surface area contributed by atoms with Gasteiger partial charge in [0.25, 0.3) is 0 Å². The lowest BCUT2D eigenvalue weighted by atomic mass is 10.1. The van der Waals surface area contributed by atoms with Gasteiger partial charge in [-0.1, -0.05) is 0 Å². The molecule has 0 aliphatic rings. The largest absolute Gasteiger partial charge is 0.496 e. The number of benzene rings is 1. The minimum Gasteiger partial charge on any atom is -0.496 e. The maximum Gasteiger partial charge on any atom is 0.342 e. The smallest absolute Gasteiger partial charge is 0.342 e. The van der Waals surface area contributed by atoms with Crippen molar-refractivity contribution in [3.8, 4) is 5.75 Å². The summed E-state index contributed by atoms with van der Waals surface area (Å²) in [4.78, 5) is 25.7. The van der Waals surface area contributed by atoms with Gasteiger partial charge >= 0.3 is 5.97 Å². The molecule has 0 amide bonds. The lowest BCUT2D eigenvalue weighted by molar-refractivity contribution is 0.0471. The number of ketones is 1. The summed E-state index contributed by atoms with van der Waals surface area (Å²) in [6, 6.07) is 7.09. The highest BCUT2D eigenvalue weighted by Crippen LogP contribution is 2.26. The van der Waals surface area contributed by atoms with E-state index in [1.807, 2.05) is 39.2 Å². The molecule has 134 valence electrons. The fraction of sp³-hybridized carbons (Fsp3) is 0.368. The molecule has 0 aliphatic carbocycles. The van der Waals surface area contributed by atoms with Crippen molar-refractivity contribution in [1.82, 2.24) is 4.57 Å². The van der Waals surface area contributed by atoms with Crippen LogP contribution in [0.25, 0.3) is 0 Å². The van der Waals surface area contributed by atoms with Crippen LogP contribution in [0.2, 0.25) is 0 Å². The van der Waals surface area contributed by atoms with Gasteiger partial charge in [0.05, 0.1) is 7.11 Å². The van der Waals surface area contributed by atoms with E-state index in [9.17, 15) is 9.59 Å². The normalized spacial score (nSPS) is 10.6. The van der Waals surface area contributed by atoms with Crippen molar-refractivity contribution in [3.63, 3.8) is 0 Å². The summed E-state index contributed by atoms with van der Waals surface area (Å²) in [5, 5.41) is 0. The van der Waals surface area contributed by atoms with E-state index < -0.39 is 5.97 Å². The highest BCUT2D eigenvalue weighted by molar-refractivity contribution is 7.98. The van der Waals surface area contributed by atoms with E-state index in [1.165, 1.54) is 7.11 Å². The fourth-order valence-corrected chi connectivity index (χ4v) is 3.25. The van der Waals surface area contributed by atoms with Crippen LogP contribution in [0.5, 0.6) is 5.75 Å². The number of aryl methyl sites for hydroxylation is 1. The lowest BCUT2D eigenvalue weighted by Crippen LogP contribution is -2.15. The molecule has 0 radical (unpaired) electrons. The Labute approximate surface area is 152 Å². The molecule has 2 aromatic rings. The lowest BCUT2D eigenvalue weighted by Gasteiger charge is -2.10. The van der Waals surface area contributed by atoms with Crippen LogP contribution in [-0.4, -0.2) is 36.3 Å². The highest BCUT2D eigenvalue weighted by Gasteiger charge is 2.19. The van der Waals surface area contributed by atoms with Crippen LogP contribution in [0, 0.1) is 13.8 Å². The SMILES string of the molecule is CCn1c(C)cc(C(=O)COC(=O)c2ccc(SC)cc2OC)c1C. The predicted molar refractivity (Wildman–Crippen MR) is 99.0 cm³/mol. The molecule has 0 atom stereocenters. The Balaban J connectivity index is 2.11. The molecule has 1 aromatic carbocycles. The quantitative estimate of drug-likeness (QED) is 0.425. The minimum absolute atomic E-state index is 0.208. The Kier molecular flexibility index (Phi) is 6.31. The van der Waals surface area contributed by atoms with Gasteiger partial charge in [-0.3, -0.25) is 4.79 Å². The van der Waals surface area contributed by atoms with Crippen molar-refractivity contribution < 1.29 is 19.1 Å². The molecule has 5 nitrogen and oxygen atoms in total. The van der Waals surface area contributed by atoms with Gasteiger partial charge in [-0.15, -0.1) is 11.8 Å². The van der Waals surface area contributed by atoms with Gasteiger partial charge in [-0.25, -0.2) is 4.79 Å². The van der Waals surface area contributed by atoms with Crippen LogP contribution >= 0.6 is 11.8 Å². The van der Waals surface area contributed by atoms with E-state index in [4.69, 9.17) is 9.47 Å². The van der Waals surface area contributed by atoms with Gasteiger partial charge in [0.15, 0.2) is 6.61 Å². The third-order valence-electron chi connectivity index (χ3n) is 4.15.